The molecule has 2 aromatic carbocycles. The molecule has 2 rings (SSSR count). The van der Waals surface area contributed by atoms with E-state index in [0.29, 0.717) is 13.0 Å². The highest BCUT2D eigenvalue weighted by Crippen LogP contribution is 2.29. The zero-order valence-corrected chi connectivity index (χ0v) is 10.9. The number of carbonyl (C=O) groups is 1. The molecule has 19 heavy (non-hydrogen) atoms. The van der Waals surface area contributed by atoms with Crippen LogP contribution >= 0.6 is 0 Å². The first-order valence-electron chi connectivity index (χ1n) is 6.43. The molecule has 0 spiro atoms. The predicted molar refractivity (Wildman–Crippen MR) is 77.4 cm³/mol. The molecule has 0 aliphatic heterocycles. The molecule has 0 radical (unpaired) electrons. The molecule has 0 saturated carbocycles. The van der Waals surface area contributed by atoms with Crippen molar-refractivity contribution in [1.82, 2.24) is 5.32 Å². The maximum absolute atomic E-state index is 11.8. The van der Waals surface area contributed by atoms with Crippen molar-refractivity contribution in [3.05, 3.63) is 36.4 Å². The zero-order chi connectivity index (χ0) is 13.7. The van der Waals surface area contributed by atoms with Crippen LogP contribution in [0.25, 0.3) is 10.8 Å². The molecule has 0 unspecified atom stereocenters. The number of hydrogen-bond acceptors (Lipinski definition) is 3. The van der Waals surface area contributed by atoms with Crippen molar-refractivity contribution in [2.75, 3.05) is 18.4 Å². The standard InChI is InChI=1S/C15H18N2O2/c1-2-16-10-9-15(19)17-13-7-3-6-12-11(13)5-4-8-14(12)18/h3-8,16,18H,2,9-10H2,1H3,(H,17,19). The van der Waals surface area contributed by atoms with Crippen molar-refractivity contribution in [2.45, 2.75) is 13.3 Å². The van der Waals surface area contributed by atoms with Gasteiger partial charge in [0, 0.05) is 29.4 Å². The van der Waals surface area contributed by atoms with E-state index in [-0.39, 0.29) is 11.7 Å². The number of fused-ring (bicyclic) bond motifs is 1. The Kier molecular flexibility index (Phi) is 4.36. The summed E-state index contributed by atoms with van der Waals surface area (Å²) in [7, 11) is 0. The Labute approximate surface area is 112 Å². The Morgan fingerprint density at radius 2 is 1.89 bits per heavy atom. The van der Waals surface area contributed by atoms with E-state index >= 15 is 0 Å². The predicted octanol–water partition coefficient (Wildman–Crippen LogP) is 2.48. The van der Waals surface area contributed by atoms with Crippen molar-refractivity contribution >= 4 is 22.4 Å². The number of carbonyl (C=O) groups excluding carboxylic acids is 1. The van der Waals surface area contributed by atoms with Crippen LogP contribution in [0.4, 0.5) is 5.69 Å². The lowest BCUT2D eigenvalue weighted by Crippen LogP contribution is -2.21. The van der Waals surface area contributed by atoms with Crippen molar-refractivity contribution in [3.63, 3.8) is 0 Å². The third-order valence-electron chi connectivity index (χ3n) is 2.95. The van der Waals surface area contributed by atoms with Crippen LogP contribution in [-0.2, 0) is 4.79 Å². The van der Waals surface area contributed by atoms with Crippen molar-refractivity contribution < 1.29 is 9.90 Å². The van der Waals surface area contributed by atoms with Crippen LogP contribution < -0.4 is 10.6 Å². The number of benzene rings is 2. The number of phenolic OH excluding ortho intramolecular Hbond substituents is 1. The van der Waals surface area contributed by atoms with Crippen LogP contribution in [0.2, 0.25) is 0 Å². The summed E-state index contributed by atoms with van der Waals surface area (Å²) in [4.78, 5) is 11.8. The largest absolute Gasteiger partial charge is 0.507 e. The highest BCUT2D eigenvalue weighted by atomic mass is 16.3. The molecule has 3 N–H and O–H groups in total. The topological polar surface area (TPSA) is 61.4 Å². The summed E-state index contributed by atoms with van der Waals surface area (Å²) in [5.74, 6) is 0.193. The summed E-state index contributed by atoms with van der Waals surface area (Å²) in [6.45, 7) is 3.53. The van der Waals surface area contributed by atoms with E-state index in [1.165, 1.54) is 0 Å². The molecule has 0 saturated heterocycles. The number of nitrogens with one attached hydrogen (secondary N) is 2. The van der Waals surface area contributed by atoms with Crippen LogP contribution in [0.1, 0.15) is 13.3 Å². The molecule has 0 heterocycles. The molecular weight excluding hydrogens is 240 g/mol. The van der Waals surface area contributed by atoms with Gasteiger partial charge in [0.1, 0.15) is 5.75 Å². The molecule has 1 amide bonds. The smallest absolute Gasteiger partial charge is 0.225 e. The van der Waals surface area contributed by atoms with E-state index in [4.69, 9.17) is 0 Å². The second-order valence-corrected chi connectivity index (χ2v) is 4.33. The average molecular weight is 258 g/mol. The number of anilines is 1. The fourth-order valence-electron chi connectivity index (χ4n) is 1.99. The quantitative estimate of drug-likeness (QED) is 0.722. The first-order valence-corrected chi connectivity index (χ1v) is 6.43. The molecule has 4 nitrogen and oxygen atoms in total. The molecule has 0 bridgehead atoms. The number of hydrogen-bond donors (Lipinski definition) is 3. The molecule has 0 aliphatic rings. The summed E-state index contributed by atoms with van der Waals surface area (Å²) < 4.78 is 0. The lowest BCUT2D eigenvalue weighted by molar-refractivity contribution is -0.116. The van der Waals surface area contributed by atoms with Crippen LogP contribution in [0.3, 0.4) is 0 Å². The molecule has 2 aromatic rings. The normalized spacial score (nSPS) is 10.6. The summed E-state index contributed by atoms with van der Waals surface area (Å²) in [6.07, 6.45) is 0.434. The Morgan fingerprint density at radius 3 is 2.68 bits per heavy atom. The second kappa shape index (κ2) is 6.20. The monoisotopic (exact) mass is 258 g/mol. The minimum Gasteiger partial charge on any atom is -0.507 e. The summed E-state index contributed by atoms with van der Waals surface area (Å²) in [5, 5.41) is 17.4. The van der Waals surface area contributed by atoms with Gasteiger partial charge >= 0.3 is 0 Å². The zero-order valence-electron chi connectivity index (χ0n) is 10.9. The number of rotatable bonds is 5. The van der Waals surface area contributed by atoms with Gasteiger partial charge in [-0.3, -0.25) is 4.79 Å². The fourth-order valence-corrected chi connectivity index (χ4v) is 1.99. The van der Waals surface area contributed by atoms with Crippen LogP contribution in [0, 0.1) is 0 Å². The van der Waals surface area contributed by atoms with Gasteiger partial charge in [0.25, 0.3) is 0 Å². The van der Waals surface area contributed by atoms with E-state index in [2.05, 4.69) is 10.6 Å². The second-order valence-electron chi connectivity index (χ2n) is 4.33. The van der Waals surface area contributed by atoms with Gasteiger partial charge in [-0.15, -0.1) is 0 Å². The van der Waals surface area contributed by atoms with Crippen molar-refractivity contribution in [3.8, 4) is 5.75 Å². The van der Waals surface area contributed by atoms with Crippen LogP contribution in [0.15, 0.2) is 36.4 Å². The third-order valence-corrected chi connectivity index (χ3v) is 2.95. The number of phenols is 1. The van der Waals surface area contributed by atoms with Crippen LogP contribution in [0.5, 0.6) is 5.75 Å². The minimum atomic E-state index is -0.0307. The molecule has 0 aromatic heterocycles. The van der Waals surface area contributed by atoms with Crippen molar-refractivity contribution in [1.29, 1.82) is 0 Å². The fraction of sp³-hybridized carbons (Fsp3) is 0.267. The first-order chi connectivity index (χ1) is 9.22. The Balaban J connectivity index is 2.17. The average Bonchev–Trinajstić information content (AvgIpc) is 2.40. The number of aromatic hydroxyl groups is 1. The van der Waals surface area contributed by atoms with Crippen LogP contribution in [-0.4, -0.2) is 24.1 Å². The Bertz CT molecular complexity index is 581. The molecular formula is C15H18N2O2. The highest BCUT2D eigenvalue weighted by Gasteiger charge is 2.07. The molecule has 4 heteroatoms. The summed E-state index contributed by atoms with van der Waals surface area (Å²) in [6, 6.07) is 10.8. The summed E-state index contributed by atoms with van der Waals surface area (Å²) in [5.41, 5.74) is 0.731. The first kappa shape index (κ1) is 13.4. The maximum atomic E-state index is 11.8. The van der Waals surface area contributed by atoms with Gasteiger partial charge in [0.05, 0.1) is 0 Å². The lowest BCUT2D eigenvalue weighted by atomic mass is 10.1. The van der Waals surface area contributed by atoms with Gasteiger partial charge in [0.2, 0.25) is 5.91 Å². The number of amides is 1. The molecule has 0 atom stereocenters. The van der Waals surface area contributed by atoms with Gasteiger partial charge in [-0.1, -0.05) is 31.2 Å². The van der Waals surface area contributed by atoms with E-state index < -0.39 is 0 Å². The van der Waals surface area contributed by atoms with Gasteiger partial charge in [-0.2, -0.15) is 0 Å². The Hall–Kier alpha value is -2.07. The SMILES string of the molecule is CCNCCC(=O)Nc1cccc2c(O)cccc12. The maximum Gasteiger partial charge on any atom is 0.225 e. The van der Waals surface area contributed by atoms with Gasteiger partial charge in [0.15, 0.2) is 0 Å². The molecule has 0 aliphatic carbocycles. The summed E-state index contributed by atoms with van der Waals surface area (Å²) >= 11 is 0. The lowest BCUT2D eigenvalue weighted by Gasteiger charge is -2.09. The third kappa shape index (κ3) is 3.23. The van der Waals surface area contributed by atoms with E-state index in [1.807, 2.05) is 31.2 Å². The van der Waals surface area contributed by atoms with Gasteiger partial charge in [-0.25, -0.2) is 0 Å². The highest BCUT2D eigenvalue weighted by molar-refractivity contribution is 6.03. The van der Waals surface area contributed by atoms with Gasteiger partial charge < -0.3 is 15.7 Å². The molecule has 100 valence electrons. The van der Waals surface area contributed by atoms with E-state index in [1.54, 1.807) is 12.1 Å². The van der Waals surface area contributed by atoms with Gasteiger partial charge in [-0.05, 0) is 18.7 Å². The minimum absolute atomic E-state index is 0.0307. The van der Waals surface area contributed by atoms with Crippen molar-refractivity contribution in [2.24, 2.45) is 0 Å². The van der Waals surface area contributed by atoms with E-state index in [0.717, 1.165) is 23.0 Å². The molecule has 0 fully saturated rings. The van der Waals surface area contributed by atoms with E-state index in [9.17, 15) is 9.90 Å². The Morgan fingerprint density at radius 1 is 1.16 bits per heavy atom.